The van der Waals surface area contributed by atoms with Crippen molar-refractivity contribution >= 4 is 0 Å². The summed E-state index contributed by atoms with van der Waals surface area (Å²) in [5, 5.41) is 13.4. The van der Waals surface area contributed by atoms with Crippen LogP contribution in [0.1, 0.15) is 32.1 Å². The molecule has 94 valence electrons. The van der Waals surface area contributed by atoms with E-state index >= 15 is 0 Å². The number of aliphatic hydroxyl groups excluding tert-OH is 1. The highest BCUT2D eigenvalue weighted by Gasteiger charge is 2.36. The number of rotatable bonds is 2. The van der Waals surface area contributed by atoms with Gasteiger partial charge in [0.25, 0.3) is 0 Å². The van der Waals surface area contributed by atoms with Gasteiger partial charge in [-0.1, -0.05) is 0 Å². The van der Waals surface area contributed by atoms with Gasteiger partial charge in [0.15, 0.2) is 0 Å². The first-order chi connectivity index (χ1) is 7.72. The van der Waals surface area contributed by atoms with E-state index in [2.05, 4.69) is 5.32 Å². The fourth-order valence-corrected chi connectivity index (χ4v) is 3.21. The van der Waals surface area contributed by atoms with E-state index in [0.717, 1.165) is 38.6 Å². The van der Waals surface area contributed by atoms with Crippen LogP contribution >= 0.6 is 0 Å². The zero-order valence-electron chi connectivity index (χ0n) is 10.1. The van der Waals surface area contributed by atoms with Crippen molar-refractivity contribution in [2.75, 3.05) is 13.7 Å². The second-order valence-corrected chi connectivity index (χ2v) is 5.20. The van der Waals surface area contributed by atoms with E-state index in [4.69, 9.17) is 10.5 Å². The Morgan fingerprint density at radius 1 is 1.31 bits per heavy atom. The van der Waals surface area contributed by atoms with E-state index in [-0.39, 0.29) is 24.3 Å². The van der Waals surface area contributed by atoms with Crippen LogP contribution in [0, 0.1) is 5.92 Å². The quantitative estimate of drug-likeness (QED) is 0.633. The van der Waals surface area contributed by atoms with Crippen LogP contribution in [0.25, 0.3) is 0 Å². The summed E-state index contributed by atoms with van der Waals surface area (Å²) in [5.41, 5.74) is 6.10. The summed E-state index contributed by atoms with van der Waals surface area (Å²) in [6.45, 7) is 1.03. The average molecular weight is 228 g/mol. The van der Waals surface area contributed by atoms with E-state index in [1.54, 1.807) is 7.11 Å². The van der Waals surface area contributed by atoms with E-state index in [1.165, 1.54) is 0 Å². The molecule has 0 radical (unpaired) electrons. The van der Waals surface area contributed by atoms with Crippen LogP contribution in [0.5, 0.6) is 0 Å². The van der Waals surface area contributed by atoms with Crippen LogP contribution in [0.4, 0.5) is 0 Å². The fraction of sp³-hybridized carbons (Fsp3) is 1.00. The molecule has 16 heavy (non-hydrogen) atoms. The van der Waals surface area contributed by atoms with Crippen LogP contribution in [0.15, 0.2) is 0 Å². The highest BCUT2D eigenvalue weighted by Crippen LogP contribution is 2.30. The third-order valence-corrected chi connectivity index (χ3v) is 4.16. The monoisotopic (exact) mass is 228 g/mol. The summed E-state index contributed by atoms with van der Waals surface area (Å²) in [4.78, 5) is 0. The number of ether oxygens (including phenoxy) is 1. The maximum Gasteiger partial charge on any atom is 0.0722 e. The van der Waals surface area contributed by atoms with Crippen molar-refractivity contribution in [1.29, 1.82) is 0 Å². The topological polar surface area (TPSA) is 67.5 Å². The highest BCUT2D eigenvalue weighted by molar-refractivity contribution is 4.93. The van der Waals surface area contributed by atoms with E-state index in [1.807, 2.05) is 0 Å². The van der Waals surface area contributed by atoms with Crippen LogP contribution in [0.2, 0.25) is 0 Å². The van der Waals surface area contributed by atoms with Crippen LogP contribution in [-0.4, -0.2) is 43.1 Å². The van der Waals surface area contributed by atoms with Gasteiger partial charge in [-0.15, -0.1) is 0 Å². The number of hydrogen-bond donors (Lipinski definition) is 3. The molecule has 0 bridgehead atoms. The standard InChI is InChI=1S/C12H24N2O2/c1-16-11-5-4-8(7-9(11)13)12-10(15)3-2-6-14-12/h8-12,14-15H,2-7,13H2,1H3. The lowest BCUT2D eigenvalue weighted by Gasteiger charge is -2.41. The number of hydrogen-bond acceptors (Lipinski definition) is 4. The summed E-state index contributed by atoms with van der Waals surface area (Å²) in [7, 11) is 1.73. The van der Waals surface area contributed by atoms with Crippen molar-refractivity contribution in [1.82, 2.24) is 5.32 Å². The Balaban J connectivity index is 1.90. The molecule has 0 aromatic heterocycles. The Labute approximate surface area is 97.5 Å². The molecular formula is C12H24N2O2. The van der Waals surface area contributed by atoms with Gasteiger partial charge in [-0.05, 0) is 44.6 Å². The molecule has 1 aliphatic carbocycles. The zero-order valence-corrected chi connectivity index (χ0v) is 10.1. The van der Waals surface area contributed by atoms with Crippen molar-refractivity contribution in [3.05, 3.63) is 0 Å². The molecule has 1 aliphatic heterocycles. The van der Waals surface area contributed by atoms with Crippen molar-refractivity contribution < 1.29 is 9.84 Å². The molecule has 0 aromatic carbocycles. The lowest BCUT2D eigenvalue weighted by molar-refractivity contribution is 0.00704. The van der Waals surface area contributed by atoms with Gasteiger partial charge in [0, 0.05) is 19.2 Å². The maximum atomic E-state index is 10.00. The van der Waals surface area contributed by atoms with E-state index < -0.39 is 0 Å². The number of methoxy groups -OCH3 is 1. The Morgan fingerprint density at radius 3 is 2.75 bits per heavy atom. The van der Waals surface area contributed by atoms with Gasteiger partial charge in [0.1, 0.15) is 0 Å². The molecule has 0 aromatic rings. The van der Waals surface area contributed by atoms with Crippen molar-refractivity contribution in [3.8, 4) is 0 Å². The summed E-state index contributed by atoms with van der Waals surface area (Å²) < 4.78 is 5.36. The number of nitrogens with two attached hydrogens (primary N) is 1. The van der Waals surface area contributed by atoms with Crippen molar-refractivity contribution in [3.63, 3.8) is 0 Å². The van der Waals surface area contributed by atoms with Gasteiger partial charge in [0.2, 0.25) is 0 Å². The average Bonchev–Trinajstić information content (AvgIpc) is 2.29. The maximum absolute atomic E-state index is 10.00. The molecule has 0 amide bonds. The van der Waals surface area contributed by atoms with Gasteiger partial charge >= 0.3 is 0 Å². The van der Waals surface area contributed by atoms with Gasteiger partial charge in [-0.3, -0.25) is 0 Å². The van der Waals surface area contributed by atoms with Crippen LogP contribution in [-0.2, 0) is 4.74 Å². The predicted molar refractivity (Wildman–Crippen MR) is 63.1 cm³/mol. The number of nitrogens with one attached hydrogen (secondary N) is 1. The molecule has 2 rings (SSSR count). The molecule has 0 spiro atoms. The molecule has 1 heterocycles. The molecule has 4 heteroatoms. The van der Waals surface area contributed by atoms with Gasteiger partial charge < -0.3 is 20.9 Å². The predicted octanol–water partition coefficient (Wildman–Crippen LogP) is 0.242. The largest absolute Gasteiger partial charge is 0.391 e. The second kappa shape index (κ2) is 5.45. The summed E-state index contributed by atoms with van der Waals surface area (Å²) >= 11 is 0. The molecule has 2 aliphatic rings. The summed E-state index contributed by atoms with van der Waals surface area (Å²) in [6.07, 6.45) is 5.12. The van der Waals surface area contributed by atoms with Gasteiger partial charge in [0.05, 0.1) is 12.2 Å². The molecular weight excluding hydrogens is 204 g/mol. The Morgan fingerprint density at radius 2 is 2.12 bits per heavy atom. The molecule has 5 unspecified atom stereocenters. The number of aliphatic hydroxyl groups is 1. The van der Waals surface area contributed by atoms with Gasteiger partial charge in [-0.2, -0.15) is 0 Å². The third kappa shape index (κ3) is 2.56. The molecule has 5 atom stereocenters. The molecule has 2 fully saturated rings. The first-order valence-corrected chi connectivity index (χ1v) is 6.42. The molecule has 1 saturated heterocycles. The first-order valence-electron chi connectivity index (χ1n) is 6.42. The molecule has 1 saturated carbocycles. The molecule has 4 N–H and O–H groups in total. The lowest BCUT2D eigenvalue weighted by Crippen LogP contribution is -2.53. The minimum absolute atomic E-state index is 0.125. The zero-order chi connectivity index (χ0) is 11.5. The van der Waals surface area contributed by atoms with Crippen LogP contribution in [0.3, 0.4) is 0 Å². The fourth-order valence-electron chi connectivity index (χ4n) is 3.21. The number of piperidine rings is 1. The minimum Gasteiger partial charge on any atom is -0.391 e. The Kier molecular flexibility index (Phi) is 4.19. The highest BCUT2D eigenvalue weighted by atomic mass is 16.5. The van der Waals surface area contributed by atoms with Crippen molar-refractivity contribution in [2.24, 2.45) is 11.7 Å². The second-order valence-electron chi connectivity index (χ2n) is 5.20. The van der Waals surface area contributed by atoms with E-state index in [9.17, 15) is 5.11 Å². The molecule has 4 nitrogen and oxygen atoms in total. The summed E-state index contributed by atoms with van der Waals surface area (Å²) in [5.74, 6) is 0.511. The third-order valence-electron chi connectivity index (χ3n) is 4.16. The summed E-state index contributed by atoms with van der Waals surface area (Å²) in [6, 6.07) is 0.372. The van der Waals surface area contributed by atoms with E-state index in [0.29, 0.717) is 5.92 Å². The Bertz CT molecular complexity index is 225. The smallest absolute Gasteiger partial charge is 0.0722 e. The lowest BCUT2D eigenvalue weighted by atomic mass is 9.77. The van der Waals surface area contributed by atoms with Crippen molar-refractivity contribution in [2.45, 2.75) is 56.4 Å². The minimum atomic E-state index is -0.190. The van der Waals surface area contributed by atoms with Gasteiger partial charge in [-0.25, -0.2) is 0 Å². The SMILES string of the molecule is COC1CCC(C2NCCCC2O)CC1N. The Hall–Kier alpha value is -0.160. The first kappa shape index (κ1) is 12.3. The van der Waals surface area contributed by atoms with Crippen LogP contribution < -0.4 is 11.1 Å². The normalized spacial score (nSPS) is 45.6.